The van der Waals surface area contributed by atoms with E-state index in [1.807, 2.05) is 13.8 Å². The standard InChI is InChI=1S/C13H19N3O3/c1-3-9(2)16-12(18)4-5-15-13(19)10-6-11(17)8-14-7-10/h6-9,17H,3-5H2,1-2H3,(H,15,19)(H,16,18). The Balaban J connectivity index is 2.33. The number of carbonyl (C=O) groups is 2. The molecule has 0 fully saturated rings. The molecule has 0 radical (unpaired) electrons. The Bertz CT molecular complexity index is 449. The summed E-state index contributed by atoms with van der Waals surface area (Å²) in [6.45, 7) is 4.16. The molecule has 1 rings (SSSR count). The fourth-order valence-electron chi connectivity index (χ4n) is 1.39. The molecule has 0 bridgehead atoms. The number of amides is 2. The molecule has 0 aromatic carbocycles. The molecule has 3 N–H and O–H groups in total. The first-order valence-corrected chi connectivity index (χ1v) is 6.24. The Kier molecular flexibility index (Phi) is 5.78. The van der Waals surface area contributed by atoms with Crippen LogP contribution in [0.15, 0.2) is 18.5 Å². The predicted molar refractivity (Wildman–Crippen MR) is 70.7 cm³/mol. The van der Waals surface area contributed by atoms with Crippen LogP contribution < -0.4 is 10.6 Å². The van der Waals surface area contributed by atoms with Crippen molar-refractivity contribution < 1.29 is 14.7 Å². The second-order valence-corrected chi connectivity index (χ2v) is 4.31. The average Bonchev–Trinajstić information content (AvgIpc) is 2.38. The zero-order chi connectivity index (χ0) is 14.3. The second-order valence-electron chi connectivity index (χ2n) is 4.31. The fraction of sp³-hybridized carbons (Fsp3) is 0.462. The molecule has 0 aliphatic rings. The van der Waals surface area contributed by atoms with Crippen LogP contribution in [0.4, 0.5) is 0 Å². The maximum Gasteiger partial charge on any atom is 0.252 e. The third-order valence-corrected chi connectivity index (χ3v) is 2.64. The lowest BCUT2D eigenvalue weighted by Gasteiger charge is -2.11. The van der Waals surface area contributed by atoms with E-state index in [1.54, 1.807) is 0 Å². The van der Waals surface area contributed by atoms with Crippen molar-refractivity contribution in [1.82, 2.24) is 15.6 Å². The minimum atomic E-state index is -0.361. The van der Waals surface area contributed by atoms with Crippen LogP contribution in [0, 0.1) is 0 Å². The van der Waals surface area contributed by atoms with Gasteiger partial charge in [-0.15, -0.1) is 0 Å². The van der Waals surface area contributed by atoms with E-state index in [0.29, 0.717) is 0 Å². The van der Waals surface area contributed by atoms with Crippen molar-refractivity contribution in [1.29, 1.82) is 0 Å². The third-order valence-electron chi connectivity index (χ3n) is 2.64. The molecule has 0 saturated heterocycles. The van der Waals surface area contributed by atoms with Gasteiger partial charge in [0, 0.05) is 25.2 Å². The third kappa shape index (κ3) is 5.37. The molecule has 2 amide bonds. The van der Waals surface area contributed by atoms with Crippen LogP contribution in [-0.4, -0.2) is 34.5 Å². The number of aromatic nitrogens is 1. The fourth-order valence-corrected chi connectivity index (χ4v) is 1.39. The molecule has 19 heavy (non-hydrogen) atoms. The zero-order valence-electron chi connectivity index (χ0n) is 11.1. The summed E-state index contributed by atoms with van der Waals surface area (Å²) in [6.07, 6.45) is 3.69. The van der Waals surface area contributed by atoms with Gasteiger partial charge < -0.3 is 15.7 Å². The molecular weight excluding hydrogens is 246 g/mol. The number of aromatic hydroxyl groups is 1. The smallest absolute Gasteiger partial charge is 0.252 e. The highest BCUT2D eigenvalue weighted by Gasteiger charge is 2.08. The first-order chi connectivity index (χ1) is 9.02. The molecule has 0 aliphatic heterocycles. The number of rotatable bonds is 6. The van der Waals surface area contributed by atoms with Crippen molar-refractivity contribution >= 4 is 11.8 Å². The number of carbonyl (C=O) groups excluding carboxylic acids is 2. The lowest BCUT2D eigenvalue weighted by Crippen LogP contribution is -2.35. The van der Waals surface area contributed by atoms with Gasteiger partial charge in [0.05, 0.1) is 11.8 Å². The van der Waals surface area contributed by atoms with Gasteiger partial charge in [-0.3, -0.25) is 14.6 Å². The molecule has 6 nitrogen and oxygen atoms in total. The molecule has 1 unspecified atom stereocenters. The summed E-state index contributed by atoms with van der Waals surface area (Å²) in [7, 11) is 0. The van der Waals surface area contributed by atoms with Gasteiger partial charge in [0.1, 0.15) is 5.75 Å². The molecule has 1 aromatic heterocycles. The highest BCUT2D eigenvalue weighted by molar-refractivity contribution is 5.94. The maximum absolute atomic E-state index is 11.7. The van der Waals surface area contributed by atoms with E-state index >= 15 is 0 Å². The Morgan fingerprint density at radius 1 is 1.42 bits per heavy atom. The quantitative estimate of drug-likeness (QED) is 0.710. The van der Waals surface area contributed by atoms with Crippen molar-refractivity contribution in [2.45, 2.75) is 32.7 Å². The summed E-state index contributed by atoms with van der Waals surface area (Å²) in [6, 6.07) is 1.46. The van der Waals surface area contributed by atoms with Gasteiger partial charge in [-0.2, -0.15) is 0 Å². The summed E-state index contributed by atoms with van der Waals surface area (Å²) in [5.41, 5.74) is 0.266. The highest BCUT2D eigenvalue weighted by Crippen LogP contribution is 2.07. The van der Waals surface area contributed by atoms with Crippen molar-refractivity contribution in [2.75, 3.05) is 6.54 Å². The number of nitrogens with one attached hydrogen (secondary N) is 2. The number of hydrogen-bond donors (Lipinski definition) is 3. The summed E-state index contributed by atoms with van der Waals surface area (Å²) in [5.74, 6) is -0.523. The molecule has 0 aliphatic carbocycles. The van der Waals surface area contributed by atoms with Crippen LogP contribution >= 0.6 is 0 Å². The lowest BCUT2D eigenvalue weighted by atomic mass is 10.2. The van der Waals surface area contributed by atoms with Gasteiger partial charge in [0.25, 0.3) is 5.91 Å². The number of pyridine rings is 1. The second kappa shape index (κ2) is 7.35. The van der Waals surface area contributed by atoms with E-state index in [2.05, 4.69) is 15.6 Å². The van der Waals surface area contributed by atoms with Crippen LogP contribution in [0.25, 0.3) is 0 Å². The monoisotopic (exact) mass is 265 g/mol. The summed E-state index contributed by atoms with van der Waals surface area (Å²) >= 11 is 0. The Morgan fingerprint density at radius 2 is 2.16 bits per heavy atom. The molecule has 104 valence electrons. The minimum Gasteiger partial charge on any atom is -0.506 e. The van der Waals surface area contributed by atoms with Crippen LogP contribution in [0.3, 0.4) is 0 Å². The van der Waals surface area contributed by atoms with Gasteiger partial charge in [-0.1, -0.05) is 6.92 Å². The van der Waals surface area contributed by atoms with Gasteiger partial charge in [0.2, 0.25) is 5.91 Å². The van der Waals surface area contributed by atoms with Crippen molar-refractivity contribution in [3.05, 3.63) is 24.0 Å². The van der Waals surface area contributed by atoms with Gasteiger partial charge in [0.15, 0.2) is 0 Å². The van der Waals surface area contributed by atoms with Crippen LogP contribution in [-0.2, 0) is 4.79 Å². The molecule has 1 aromatic rings. The minimum absolute atomic E-state index is 0.0674. The van der Waals surface area contributed by atoms with Crippen LogP contribution in [0.2, 0.25) is 0 Å². The maximum atomic E-state index is 11.7. The summed E-state index contributed by atoms with van der Waals surface area (Å²) in [4.78, 5) is 26.8. The van der Waals surface area contributed by atoms with E-state index in [4.69, 9.17) is 0 Å². The molecular formula is C13H19N3O3. The largest absolute Gasteiger partial charge is 0.506 e. The zero-order valence-corrected chi connectivity index (χ0v) is 11.1. The number of hydrogen-bond acceptors (Lipinski definition) is 4. The first kappa shape index (κ1) is 14.9. The summed E-state index contributed by atoms with van der Waals surface area (Å²) in [5, 5.41) is 14.6. The average molecular weight is 265 g/mol. The molecule has 1 heterocycles. The molecule has 0 saturated carbocycles. The van der Waals surface area contributed by atoms with Crippen molar-refractivity contribution in [3.63, 3.8) is 0 Å². The molecule has 0 spiro atoms. The number of nitrogens with zero attached hydrogens (tertiary/aromatic N) is 1. The van der Waals surface area contributed by atoms with Gasteiger partial charge >= 0.3 is 0 Å². The summed E-state index contributed by atoms with van der Waals surface area (Å²) < 4.78 is 0. The first-order valence-electron chi connectivity index (χ1n) is 6.24. The lowest BCUT2D eigenvalue weighted by molar-refractivity contribution is -0.121. The Hall–Kier alpha value is -2.11. The normalized spacial score (nSPS) is 11.7. The highest BCUT2D eigenvalue weighted by atomic mass is 16.3. The van der Waals surface area contributed by atoms with E-state index < -0.39 is 0 Å². The SMILES string of the molecule is CCC(C)NC(=O)CCNC(=O)c1cncc(O)c1. The van der Waals surface area contributed by atoms with E-state index in [1.165, 1.54) is 18.5 Å². The van der Waals surface area contributed by atoms with Crippen LogP contribution in [0.5, 0.6) is 5.75 Å². The van der Waals surface area contributed by atoms with Crippen LogP contribution in [0.1, 0.15) is 37.0 Å². The Morgan fingerprint density at radius 3 is 2.79 bits per heavy atom. The van der Waals surface area contributed by atoms with Crippen molar-refractivity contribution in [2.24, 2.45) is 0 Å². The van der Waals surface area contributed by atoms with E-state index in [0.717, 1.165) is 6.42 Å². The van der Waals surface area contributed by atoms with Crippen molar-refractivity contribution in [3.8, 4) is 5.75 Å². The predicted octanol–water partition coefficient (Wildman–Crippen LogP) is 0.822. The molecule has 6 heteroatoms. The Labute approximate surface area is 112 Å². The van der Waals surface area contributed by atoms with E-state index in [-0.39, 0.29) is 42.1 Å². The van der Waals surface area contributed by atoms with Gasteiger partial charge in [-0.05, 0) is 19.4 Å². The molecule has 1 atom stereocenters. The van der Waals surface area contributed by atoms with Gasteiger partial charge in [-0.25, -0.2) is 0 Å². The topological polar surface area (TPSA) is 91.3 Å². The van der Waals surface area contributed by atoms with E-state index in [9.17, 15) is 14.7 Å².